The van der Waals surface area contributed by atoms with Crippen LogP contribution >= 0.6 is 0 Å². The summed E-state index contributed by atoms with van der Waals surface area (Å²) >= 11 is 0. The van der Waals surface area contributed by atoms with Crippen molar-refractivity contribution in [2.24, 2.45) is 0 Å². The monoisotopic (exact) mass is 282 g/mol. The zero-order valence-electron chi connectivity index (χ0n) is 12.0. The molecule has 0 unspecified atom stereocenters. The Bertz CT molecular complexity index is 761. The van der Waals surface area contributed by atoms with E-state index in [0.29, 0.717) is 28.2 Å². The van der Waals surface area contributed by atoms with Gasteiger partial charge in [-0.15, -0.1) is 0 Å². The molecule has 2 aromatic rings. The van der Waals surface area contributed by atoms with Crippen LogP contribution in [0.1, 0.15) is 22.3 Å². The number of aryl methyl sites for hydroxylation is 3. The van der Waals surface area contributed by atoms with Crippen LogP contribution in [0.25, 0.3) is 0 Å². The molecule has 0 spiro atoms. The quantitative estimate of drug-likeness (QED) is 0.625. The predicted octanol–water partition coefficient (Wildman–Crippen LogP) is 4.18. The molecule has 0 aliphatic heterocycles. The Kier molecular flexibility index (Phi) is 3.90. The van der Waals surface area contributed by atoms with Crippen molar-refractivity contribution in [2.75, 3.05) is 0 Å². The van der Waals surface area contributed by atoms with Gasteiger partial charge in [0.1, 0.15) is 11.5 Å². The smallest absolute Gasteiger partial charge is 0.272 e. The number of rotatable bonds is 3. The summed E-state index contributed by atoms with van der Waals surface area (Å²) in [7, 11) is 0. The highest BCUT2D eigenvalue weighted by Gasteiger charge is 2.14. The highest BCUT2D eigenvalue weighted by atomic mass is 16.6. The van der Waals surface area contributed by atoms with Gasteiger partial charge in [0.05, 0.1) is 16.6 Å². The van der Waals surface area contributed by atoms with Gasteiger partial charge in [-0.2, -0.15) is 5.26 Å². The van der Waals surface area contributed by atoms with Crippen LogP contribution in [0.2, 0.25) is 0 Å². The van der Waals surface area contributed by atoms with E-state index in [9.17, 15) is 10.1 Å². The molecule has 0 saturated heterocycles. The molecule has 5 nitrogen and oxygen atoms in total. The Morgan fingerprint density at radius 2 is 1.81 bits per heavy atom. The minimum atomic E-state index is -0.405. The lowest BCUT2D eigenvalue weighted by molar-refractivity contribution is -0.385. The van der Waals surface area contributed by atoms with Crippen molar-refractivity contribution < 1.29 is 9.66 Å². The summed E-state index contributed by atoms with van der Waals surface area (Å²) in [5, 5.41) is 19.8. The van der Waals surface area contributed by atoms with Gasteiger partial charge >= 0.3 is 0 Å². The number of nitriles is 1. The van der Waals surface area contributed by atoms with Crippen molar-refractivity contribution in [1.82, 2.24) is 0 Å². The fourth-order valence-electron chi connectivity index (χ4n) is 2.03. The number of nitro groups is 1. The van der Waals surface area contributed by atoms with Gasteiger partial charge in [0.25, 0.3) is 5.69 Å². The van der Waals surface area contributed by atoms with Crippen LogP contribution in [-0.4, -0.2) is 4.92 Å². The van der Waals surface area contributed by atoms with Gasteiger partial charge in [0.2, 0.25) is 0 Å². The number of benzene rings is 2. The molecule has 0 amide bonds. The fraction of sp³-hybridized carbons (Fsp3) is 0.188. The summed E-state index contributed by atoms with van der Waals surface area (Å²) in [6.45, 7) is 5.27. The third kappa shape index (κ3) is 3.00. The summed E-state index contributed by atoms with van der Waals surface area (Å²) in [4.78, 5) is 10.5. The molecule has 0 atom stereocenters. The van der Waals surface area contributed by atoms with Gasteiger partial charge in [-0.25, -0.2) is 0 Å². The van der Waals surface area contributed by atoms with Crippen LogP contribution in [0.4, 0.5) is 5.69 Å². The Balaban J connectivity index is 2.36. The molecule has 0 heterocycles. The number of hydrogen-bond donors (Lipinski definition) is 0. The third-order valence-electron chi connectivity index (χ3n) is 3.24. The highest BCUT2D eigenvalue weighted by molar-refractivity contribution is 5.51. The van der Waals surface area contributed by atoms with E-state index in [-0.39, 0.29) is 5.69 Å². The van der Waals surface area contributed by atoms with E-state index >= 15 is 0 Å². The summed E-state index contributed by atoms with van der Waals surface area (Å²) in [5.41, 5.74) is 2.74. The SMILES string of the molecule is Cc1cc(Oc2cc(C)c([N+](=O)[O-])cc2C)ccc1C#N. The second kappa shape index (κ2) is 5.63. The third-order valence-corrected chi connectivity index (χ3v) is 3.24. The van der Waals surface area contributed by atoms with Crippen LogP contribution in [0.3, 0.4) is 0 Å². The van der Waals surface area contributed by atoms with E-state index in [2.05, 4.69) is 6.07 Å². The van der Waals surface area contributed by atoms with E-state index in [1.165, 1.54) is 6.07 Å². The van der Waals surface area contributed by atoms with Crippen LogP contribution in [0, 0.1) is 42.2 Å². The molecular formula is C16H14N2O3. The molecule has 0 N–H and O–H groups in total. The largest absolute Gasteiger partial charge is 0.457 e. The van der Waals surface area contributed by atoms with Crippen LogP contribution in [0.5, 0.6) is 11.5 Å². The molecule has 5 heteroatoms. The van der Waals surface area contributed by atoms with E-state index in [0.717, 1.165) is 5.56 Å². The Morgan fingerprint density at radius 1 is 1.10 bits per heavy atom. The second-order valence-corrected chi connectivity index (χ2v) is 4.85. The fourth-order valence-corrected chi connectivity index (χ4v) is 2.03. The van der Waals surface area contributed by atoms with Crippen molar-refractivity contribution in [3.05, 3.63) is 62.7 Å². The zero-order valence-corrected chi connectivity index (χ0v) is 12.0. The molecule has 0 saturated carbocycles. The lowest BCUT2D eigenvalue weighted by atomic mass is 10.1. The molecule has 106 valence electrons. The van der Waals surface area contributed by atoms with Gasteiger partial charge in [-0.1, -0.05) is 0 Å². The molecule has 0 aliphatic carbocycles. The van der Waals surface area contributed by atoms with E-state index < -0.39 is 4.92 Å². The molecule has 0 aliphatic rings. The molecule has 2 aromatic carbocycles. The molecule has 0 bridgehead atoms. The predicted molar refractivity (Wildman–Crippen MR) is 78.5 cm³/mol. The Hall–Kier alpha value is -2.87. The number of hydrogen-bond acceptors (Lipinski definition) is 4. The lowest BCUT2D eigenvalue weighted by Gasteiger charge is -2.11. The molecule has 21 heavy (non-hydrogen) atoms. The topological polar surface area (TPSA) is 76.2 Å². The summed E-state index contributed by atoms with van der Waals surface area (Å²) in [6, 6.07) is 10.4. The molecule has 0 radical (unpaired) electrons. The van der Waals surface area contributed by atoms with Crippen LogP contribution in [-0.2, 0) is 0 Å². The van der Waals surface area contributed by atoms with Crippen molar-refractivity contribution in [1.29, 1.82) is 5.26 Å². The van der Waals surface area contributed by atoms with E-state index in [4.69, 9.17) is 10.00 Å². The first-order valence-corrected chi connectivity index (χ1v) is 6.36. The maximum atomic E-state index is 10.9. The summed E-state index contributed by atoms with van der Waals surface area (Å²) in [6.07, 6.45) is 0. The van der Waals surface area contributed by atoms with Gasteiger partial charge in [-0.05, 0) is 56.2 Å². The normalized spacial score (nSPS) is 10.0. The molecular weight excluding hydrogens is 268 g/mol. The van der Waals surface area contributed by atoms with Gasteiger partial charge in [-0.3, -0.25) is 10.1 Å². The lowest BCUT2D eigenvalue weighted by Crippen LogP contribution is -1.95. The Labute approximate surface area is 122 Å². The Morgan fingerprint density at radius 3 is 2.38 bits per heavy atom. The van der Waals surface area contributed by atoms with E-state index in [1.807, 2.05) is 6.92 Å². The van der Waals surface area contributed by atoms with Crippen molar-refractivity contribution >= 4 is 5.69 Å². The molecule has 0 aromatic heterocycles. The maximum Gasteiger partial charge on any atom is 0.272 e. The molecule has 2 rings (SSSR count). The first-order valence-electron chi connectivity index (χ1n) is 6.36. The van der Waals surface area contributed by atoms with Crippen molar-refractivity contribution in [2.45, 2.75) is 20.8 Å². The van der Waals surface area contributed by atoms with Crippen molar-refractivity contribution in [3.63, 3.8) is 0 Å². The number of nitrogens with zero attached hydrogens (tertiary/aromatic N) is 2. The minimum absolute atomic E-state index is 0.0795. The first kappa shape index (κ1) is 14.5. The van der Waals surface area contributed by atoms with Crippen molar-refractivity contribution in [3.8, 4) is 17.6 Å². The second-order valence-electron chi connectivity index (χ2n) is 4.85. The van der Waals surface area contributed by atoms with Gasteiger partial charge in [0.15, 0.2) is 0 Å². The maximum absolute atomic E-state index is 10.9. The van der Waals surface area contributed by atoms with Crippen LogP contribution in [0.15, 0.2) is 30.3 Å². The minimum Gasteiger partial charge on any atom is -0.457 e. The van der Waals surface area contributed by atoms with E-state index in [1.54, 1.807) is 38.1 Å². The number of nitro benzene ring substituents is 1. The van der Waals surface area contributed by atoms with Crippen LogP contribution < -0.4 is 4.74 Å². The average molecular weight is 282 g/mol. The average Bonchev–Trinajstić information content (AvgIpc) is 2.42. The van der Waals surface area contributed by atoms with Gasteiger partial charge < -0.3 is 4.74 Å². The summed E-state index contributed by atoms with van der Waals surface area (Å²) < 4.78 is 5.77. The number of ether oxygens (including phenoxy) is 1. The zero-order chi connectivity index (χ0) is 15.6. The summed E-state index contributed by atoms with van der Waals surface area (Å²) in [5.74, 6) is 1.17. The van der Waals surface area contributed by atoms with Gasteiger partial charge in [0, 0.05) is 11.6 Å². The standard InChI is InChI=1S/C16H14N2O3/c1-10-6-14(5-4-13(10)9-17)21-16-8-11(2)15(18(19)20)7-12(16)3/h4-8H,1-3H3. The first-order chi connectivity index (χ1) is 9.92. The molecule has 0 fully saturated rings. The highest BCUT2D eigenvalue weighted by Crippen LogP contribution is 2.31.